The third-order valence-corrected chi connectivity index (χ3v) is 5.09. The summed E-state index contributed by atoms with van der Waals surface area (Å²) in [6.07, 6.45) is 1.02. The van der Waals surface area contributed by atoms with E-state index in [9.17, 15) is 4.79 Å². The van der Waals surface area contributed by atoms with Crippen LogP contribution in [0.4, 0.5) is 0 Å². The van der Waals surface area contributed by atoms with Crippen LogP contribution in [0.15, 0.2) is 17.0 Å². The molecule has 5 heteroatoms. The Kier molecular flexibility index (Phi) is 5.23. The molecule has 116 valence electrons. The van der Waals surface area contributed by atoms with Crippen molar-refractivity contribution in [3.8, 4) is 0 Å². The van der Waals surface area contributed by atoms with Crippen molar-refractivity contribution in [2.45, 2.75) is 43.4 Å². The molecule has 2 aliphatic rings. The molecule has 21 heavy (non-hydrogen) atoms. The van der Waals surface area contributed by atoms with Gasteiger partial charge in [0.15, 0.2) is 0 Å². The van der Waals surface area contributed by atoms with E-state index in [0.29, 0.717) is 5.25 Å². The van der Waals surface area contributed by atoms with Crippen LogP contribution in [0, 0.1) is 0 Å². The Morgan fingerprint density at radius 2 is 2.19 bits per heavy atom. The number of aryl methyl sites for hydroxylation is 1. The van der Waals surface area contributed by atoms with Crippen molar-refractivity contribution >= 4 is 30.1 Å². The van der Waals surface area contributed by atoms with E-state index in [0.717, 1.165) is 31.6 Å². The second kappa shape index (κ2) is 6.59. The van der Waals surface area contributed by atoms with Gasteiger partial charge in [-0.25, -0.2) is 0 Å². The molecule has 0 saturated carbocycles. The predicted molar refractivity (Wildman–Crippen MR) is 90.7 cm³/mol. The zero-order chi connectivity index (χ0) is 14.3. The topological polar surface area (TPSA) is 32.3 Å². The number of halogens is 1. The highest BCUT2D eigenvalue weighted by Crippen LogP contribution is 2.41. The first kappa shape index (κ1) is 16.7. The summed E-state index contributed by atoms with van der Waals surface area (Å²) < 4.78 is 0. The number of nitrogens with one attached hydrogen (secondary N) is 1. The minimum Gasteiger partial charge on any atom is -0.329 e. The van der Waals surface area contributed by atoms with Gasteiger partial charge in [0.1, 0.15) is 0 Å². The lowest BCUT2D eigenvalue weighted by atomic mass is 9.99. The van der Waals surface area contributed by atoms with Crippen molar-refractivity contribution in [3.63, 3.8) is 0 Å². The maximum Gasteiger partial charge on any atom is 0.255 e. The van der Waals surface area contributed by atoms with Crippen molar-refractivity contribution in [1.29, 1.82) is 0 Å². The number of amides is 1. The van der Waals surface area contributed by atoms with Crippen molar-refractivity contribution in [2.75, 3.05) is 19.6 Å². The Labute approximate surface area is 137 Å². The molecule has 0 bridgehead atoms. The van der Waals surface area contributed by atoms with Gasteiger partial charge in [-0.2, -0.15) is 0 Å². The van der Waals surface area contributed by atoms with E-state index in [2.05, 4.69) is 38.2 Å². The summed E-state index contributed by atoms with van der Waals surface area (Å²) in [5.74, 6) is 0.234. The minimum absolute atomic E-state index is 0. The lowest BCUT2D eigenvalue weighted by Gasteiger charge is -2.30. The summed E-state index contributed by atoms with van der Waals surface area (Å²) in [6, 6.07) is 4.70. The molecule has 0 radical (unpaired) electrons. The molecule has 3 nitrogen and oxygen atoms in total. The number of nitrogens with zero attached hydrogens (tertiary/aromatic N) is 1. The Hall–Kier alpha value is -0.710. The zero-order valence-corrected chi connectivity index (χ0v) is 14.4. The Morgan fingerprint density at radius 3 is 2.86 bits per heavy atom. The SMILES string of the molecule is CCc1cc(SC(C)C)c2c(c1)[C@@H]1CNCCN1C2=O.Cl. The summed E-state index contributed by atoms with van der Waals surface area (Å²) in [6.45, 7) is 9.17. The fourth-order valence-electron chi connectivity index (χ4n) is 3.11. The molecule has 2 aliphatic heterocycles. The number of thioether (sulfide) groups is 1. The van der Waals surface area contributed by atoms with Gasteiger partial charge in [-0.3, -0.25) is 4.79 Å². The highest BCUT2D eigenvalue weighted by atomic mass is 35.5. The second-order valence-corrected chi connectivity index (χ2v) is 7.42. The van der Waals surface area contributed by atoms with E-state index in [1.807, 2.05) is 16.7 Å². The molecule has 1 amide bonds. The summed E-state index contributed by atoms with van der Waals surface area (Å²) in [7, 11) is 0. The fraction of sp³-hybridized carbons (Fsp3) is 0.562. The van der Waals surface area contributed by atoms with Crippen LogP contribution in [-0.2, 0) is 6.42 Å². The van der Waals surface area contributed by atoms with Gasteiger partial charge in [0, 0.05) is 29.8 Å². The van der Waals surface area contributed by atoms with Gasteiger partial charge in [-0.05, 0) is 23.6 Å². The quantitative estimate of drug-likeness (QED) is 0.865. The first-order valence-corrected chi connectivity index (χ1v) is 8.35. The van der Waals surface area contributed by atoms with Crippen LogP contribution >= 0.6 is 24.2 Å². The van der Waals surface area contributed by atoms with Crippen LogP contribution in [0.5, 0.6) is 0 Å². The van der Waals surface area contributed by atoms with E-state index >= 15 is 0 Å². The van der Waals surface area contributed by atoms with Gasteiger partial charge in [0.25, 0.3) is 5.91 Å². The molecule has 0 spiro atoms. The second-order valence-electron chi connectivity index (χ2n) is 5.80. The number of rotatable bonds is 3. The summed E-state index contributed by atoms with van der Waals surface area (Å²) in [5.41, 5.74) is 3.55. The smallest absolute Gasteiger partial charge is 0.255 e. The molecular weight excluding hydrogens is 304 g/mol. The third kappa shape index (κ3) is 2.94. The van der Waals surface area contributed by atoms with Gasteiger partial charge in [-0.1, -0.05) is 26.8 Å². The number of piperazine rings is 1. The van der Waals surface area contributed by atoms with Crippen LogP contribution in [0.1, 0.15) is 48.3 Å². The molecule has 1 N–H and O–H groups in total. The van der Waals surface area contributed by atoms with Crippen LogP contribution in [0.2, 0.25) is 0 Å². The van der Waals surface area contributed by atoms with Crippen molar-refractivity contribution < 1.29 is 4.79 Å². The monoisotopic (exact) mass is 326 g/mol. The van der Waals surface area contributed by atoms with Crippen LogP contribution in [0.3, 0.4) is 0 Å². The number of carbonyl (C=O) groups is 1. The number of fused-ring (bicyclic) bond motifs is 3. The van der Waals surface area contributed by atoms with E-state index in [4.69, 9.17) is 0 Å². The number of benzene rings is 1. The maximum atomic E-state index is 12.7. The van der Waals surface area contributed by atoms with E-state index in [-0.39, 0.29) is 24.4 Å². The number of hydrogen-bond acceptors (Lipinski definition) is 3. The van der Waals surface area contributed by atoms with Crippen LogP contribution < -0.4 is 5.32 Å². The number of carbonyl (C=O) groups excluding carboxylic acids is 1. The van der Waals surface area contributed by atoms with Crippen molar-refractivity contribution in [2.24, 2.45) is 0 Å². The molecule has 0 aromatic heterocycles. The summed E-state index contributed by atoms with van der Waals surface area (Å²) in [4.78, 5) is 15.9. The third-order valence-electron chi connectivity index (χ3n) is 4.04. The largest absolute Gasteiger partial charge is 0.329 e. The molecule has 1 fully saturated rings. The highest BCUT2D eigenvalue weighted by molar-refractivity contribution is 8.00. The average Bonchev–Trinajstić information content (AvgIpc) is 2.72. The lowest BCUT2D eigenvalue weighted by molar-refractivity contribution is 0.0688. The molecule has 1 aromatic rings. The molecule has 0 unspecified atom stereocenters. The lowest BCUT2D eigenvalue weighted by Crippen LogP contribution is -2.44. The first-order valence-electron chi connectivity index (χ1n) is 7.47. The van der Waals surface area contributed by atoms with Gasteiger partial charge in [0.05, 0.1) is 11.6 Å². The van der Waals surface area contributed by atoms with Gasteiger partial charge in [0.2, 0.25) is 0 Å². The molecule has 1 aromatic carbocycles. The molecule has 2 heterocycles. The van der Waals surface area contributed by atoms with Gasteiger partial charge in [-0.15, -0.1) is 24.2 Å². The fourth-order valence-corrected chi connectivity index (χ4v) is 4.16. The molecule has 0 aliphatic carbocycles. The summed E-state index contributed by atoms with van der Waals surface area (Å²) in [5, 5.41) is 3.91. The molecule has 1 atom stereocenters. The standard InChI is InChI=1S/C16H22N2OS.ClH/c1-4-11-7-12-13-9-17-5-6-18(13)16(19)15(12)14(8-11)20-10(2)3;/h7-8,10,13,17H,4-6,9H2,1-3H3;1H/t13-;/m0./s1. The Bertz CT molecular complexity index is 547. The highest BCUT2D eigenvalue weighted by Gasteiger charge is 2.39. The average molecular weight is 327 g/mol. The molecule has 3 rings (SSSR count). The van der Waals surface area contributed by atoms with Crippen molar-refractivity contribution in [3.05, 3.63) is 28.8 Å². The summed E-state index contributed by atoms with van der Waals surface area (Å²) >= 11 is 1.81. The number of hydrogen-bond donors (Lipinski definition) is 1. The normalized spacial score (nSPS) is 20.3. The Balaban J connectivity index is 0.00000161. The molecule has 1 saturated heterocycles. The van der Waals surface area contributed by atoms with Gasteiger partial charge < -0.3 is 10.2 Å². The van der Waals surface area contributed by atoms with E-state index < -0.39 is 0 Å². The van der Waals surface area contributed by atoms with Crippen LogP contribution in [0.25, 0.3) is 0 Å². The first-order chi connectivity index (χ1) is 9.61. The van der Waals surface area contributed by atoms with Gasteiger partial charge >= 0.3 is 0 Å². The van der Waals surface area contributed by atoms with E-state index in [1.165, 1.54) is 16.0 Å². The van der Waals surface area contributed by atoms with Crippen LogP contribution in [-0.4, -0.2) is 35.7 Å². The molecular formula is C16H23ClN2OS. The van der Waals surface area contributed by atoms with E-state index in [1.54, 1.807) is 0 Å². The zero-order valence-electron chi connectivity index (χ0n) is 12.8. The predicted octanol–water partition coefficient (Wildman–Crippen LogP) is 3.27. The Morgan fingerprint density at radius 1 is 1.43 bits per heavy atom. The maximum absolute atomic E-state index is 12.7. The van der Waals surface area contributed by atoms with Crippen molar-refractivity contribution in [1.82, 2.24) is 10.2 Å². The minimum atomic E-state index is 0.